The van der Waals surface area contributed by atoms with E-state index in [0.717, 1.165) is 23.0 Å². The van der Waals surface area contributed by atoms with E-state index in [-0.39, 0.29) is 52.7 Å². The Labute approximate surface area is 219 Å². The highest BCUT2D eigenvalue weighted by Crippen LogP contribution is 2.40. The molecule has 0 amide bonds. The molecule has 1 N–H and O–H groups in total. The van der Waals surface area contributed by atoms with Gasteiger partial charge in [-0.3, -0.25) is 4.31 Å². The third-order valence-corrected chi connectivity index (χ3v) is 8.73. The third-order valence-electron chi connectivity index (χ3n) is 6.87. The van der Waals surface area contributed by atoms with Gasteiger partial charge in [-0.2, -0.15) is 0 Å². The predicted molar refractivity (Wildman–Crippen MR) is 140 cm³/mol. The van der Waals surface area contributed by atoms with Crippen molar-refractivity contribution in [1.82, 2.24) is 9.97 Å². The number of ether oxygens (including phenoxy) is 1. The molecule has 1 unspecified atom stereocenters. The molecule has 0 radical (unpaired) electrons. The predicted octanol–water partition coefficient (Wildman–Crippen LogP) is 5.23. The zero-order chi connectivity index (χ0) is 27.0. The molecule has 0 saturated carbocycles. The highest BCUT2D eigenvalue weighted by Gasteiger charge is 2.29. The summed E-state index contributed by atoms with van der Waals surface area (Å²) in [7, 11) is -3.57. The first kappa shape index (κ1) is 26.1. The van der Waals surface area contributed by atoms with Gasteiger partial charge in [0.05, 0.1) is 29.9 Å². The first-order valence-electron chi connectivity index (χ1n) is 12.5. The van der Waals surface area contributed by atoms with Gasteiger partial charge in [0.2, 0.25) is 16.0 Å². The second-order valence-electron chi connectivity index (χ2n) is 9.38. The highest BCUT2D eigenvalue weighted by atomic mass is 32.2. The number of aromatic nitrogens is 2. The van der Waals surface area contributed by atoms with Crippen molar-refractivity contribution < 1.29 is 26.3 Å². The molecule has 12 heteroatoms. The van der Waals surface area contributed by atoms with Crippen LogP contribution in [0.25, 0.3) is 11.3 Å². The summed E-state index contributed by atoms with van der Waals surface area (Å²) in [5, 5.41) is 2.82. The van der Waals surface area contributed by atoms with Gasteiger partial charge in [-0.05, 0) is 56.5 Å². The Morgan fingerprint density at radius 3 is 2.61 bits per heavy atom. The van der Waals surface area contributed by atoms with E-state index >= 15 is 4.39 Å². The van der Waals surface area contributed by atoms with E-state index in [9.17, 15) is 17.2 Å². The van der Waals surface area contributed by atoms with E-state index in [2.05, 4.69) is 15.3 Å². The zero-order valence-corrected chi connectivity index (χ0v) is 21.9. The fourth-order valence-corrected chi connectivity index (χ4v) is 6.37. The van der Waals surface area contributed by atoms with E-state index in [4.69, 9.17) is 4.74 Å². The van der Waals surface area contributed by atoms with Gasteiger partial charge in [-0.15, -0.1) is 0 Å². The minimum atomic E-state index is -3.57. The second-order valence-corrected chi connectivity index (χ2v) is 11.4. The lowest BCUT2D eigenvalue weighted by atomic mass is 10.1. The van der Waals surface area contributed by atoms with Crippen molar-refractivity contribution in [2.24, 2.45) is 0 Å². The van der Waals surface area contributed by atoms with E-state index in [1.165, 1.54) is 18.2 Å². The largest absolute Gasteiger partial charge is 0.486 e. The molecule has 3 aromatic rings. The van der Waals surface area contributed by atoms with Crippen LogP contribution in [0.4, 0.5) is 36.2 Å². The molecule has 8 nitrogen and oxygen atoms in total. The number of sulfonamides is 1. The molecule has 0 spiro atoms. The summed E-state index contributed by atoms with van der Waals surface area (Å²) >= 11 is 0. The van der Waals surface area contributed by atoms with Crippen LogP contribution in [-0.4, -0.2) is 49.9 Å². The van der Waals surface area contributed by atoms with Gasteiger partial charge in [0, 0.05) is 23.8 Å². The smallest absolute Gasteiger partial charge is 0.235 e. The molecule has 0 aliphatic carbocycles. The fraction of sp³-hybridized carbons (Fsp3) is 0.385. The maximum absolute atomic E-state index is 15.0. The van der Waals surface area contributed by atoms with Gasteiger partial charge >= 0.3 is 0 Å². The summed E-state index contributed by atoms with van der Waals surface area (Å²) in [5.41, 5.74) is 0.813. The van der Waals surface area contributed by atoms with Crippen molar-refractivity contribution in [2.75, 3.05) is 40.0 Å². The number of hydrogen-bond donors (Lipinski definition) is 1. The molecule has 38 heavy (non-hydrogen) atoms. The minimum Gasteiger partial charge on any atom is -0.486 e. The lowest BCUT2D eigenvalue weighted by Crippen LogP contribution is -2.39. The molecular formula is C26H28F3N5O3S. The summed E-state index contributed by atoms with van der Waals surface area (Å²) in [5.74, 6) is -2.04. The van der Waals surface area contributed by atoms with Crippen molar-refractivity contribution in [3.05, 3.63) is 54.0 Å². The highest BCUT2D eigenvalue weighted by molar-refractivity contribution is 7.92. The summed E-state index contributed by atoms with van der Waals surface area (Å²) in [6.45, 7) is 5.20. The van der Waals surface area contributed by atoms with E-state index in [0.29, 0.717) is 31.7 Å². The van der Waals surface area contributed by atoms with Crippen molar-refractivity contribution in [3.63, 3.8) is 0 Å². The van der Waals surface area contributed by atoms with E-state index in [1.54, 1.807) is 6.07 Å². The molecule has 1 aromatic heterocycles. The molecule has 2 aliphatic heterocycles. The summed E-state index contributed by atoms with van der Waals surface area (Å²) in [6, 6.07) is 6.93. The Morgan fingerprint density at radius 1 is 1.05 bits per heavy atom. The summed E-state index contributed by atoms with van der Waals surface area (Å²) < 4.78 is 76.1. The molecule has 2 aromatic carbocycles. The molecular weight excluding hydrogens is 519 g/mol. The fourth-order valence-electron chi connectivity index (χ4n) is 4.72. The van der Waals surface area contributed by atoms with Gasteiger partial charge < -0.3 is 15.0 Å². The number of anilines is 4. The van der Waals surface area contributed by atoms with Crippen LogP contribution < -0.4 is 19.3 Å². The Bertz CT molecular complexity index is 1470. The number of hydrogen-bond acceptors (Lipinski definition) is 7. The van der Waals surface area contributed by atoms with Gasteiger partial charge in [0.15, 0.2) is 17.4 Å². The Hall–Kier alpha value is -3.54. The topological polar surface area (TPSA) is 87.7 Å². The van der Waals surface area contributed by atoms with Crippen molar-refractivity contribution >= 4 is 33.0 Å². The van der Waals surface area contributed by atoms with Gasteiger partial charge in [-0.25, -0.2) is 31.6 Å². The number of nitrogens with zero attached hydrogens (tertiary/aromatic N) is 4. The molecule has 1 saturated heterocycles. The number of nitrogens with one attached hydrogen (secondary N) is 1. The van der Waals surface area contributed by atoms with E-state index < -0.39 is 27.5 Å². The number of rotatable bonds is 6. The van der Waals surface area contributed by atoms with Crippen LogP contribution in [0, 0.1) is 17.5 Å². The van der Waals surface area contributed by atoms with Crippen LogP contribution in [0.2, 0.25) is 0 Å². The lowest BCUT2D eigenvalue weighted by Gasteiger charge is -2.36. The first-order chi connectivity index (χ1) is 18.2. The number of halogens is 3. The molecule has 3 heterocycles. The maximum Gasteiger partial charge on any atom is 0.235 e. The van der Waals surface area contributed by atoms with Gasteiger partial charge in [0.1, 0.15) is 18.1 Å². The normalized spacial score (nSPS) is 17.5. The SMILES string of the molecule is CCC(C)N1CCOc2c(F)cc(-c3nc(Nc4ccc(N5CCCCS5(=O)=O)c(F)c4)ncc3F)cc21. The third kappa shape index (κ3) is 4.96. The summed E-state index contributed by atoms with van der Waals surface area (Å²) in [4.78, 5) is 10.2. The van der Waals surface area contributed by atoms with Crippen molar-refractivity contribution in [3.8, 4) is 17.0 Å². The van der Waals surface area contributed by atoms with Crippen molar-refractivity contribution in [1.29, 1.82) is 0 Å². The molecule has 202 valence electrons. The number of fused-ring (bicyclic) bond motifs is 1. The molecule has 2 aliphatic rings. The maximum atomic E-state index is 15.0. The average Bonchev–Trinajstić information content (AvgIpc) is 2.89. The van der Waals surface area contributed by atoms with Crippen LogP contribution in [-0.2, 0) is 10.0 Å². The van der Waals surface area contributed by atoms with Crippen LogP contribution in [0.5, 0.6) is 5.75 Å². The molecule has 0 bridgehead atoms. The van der Waals surface area contributed by atoms with Crippen LogP contribution in [0.1, 0.15) is 33.1 Å². The quantitative estimate of drug-likeness (QED) is 0.452. The Balaban J connectivity index is 1.45. The second kappa shape index (κ2) is 10.3. The average molecular weight is 548 g/mol. The minimum absolute atomic E-state index is 0.0246. The Kier molecular flexibility index (Phi) is 7.08. The summed E-state index contributed by atoms with van der Waals surface area (Å²) in [6.07, 6.45) is 2.98. The van der Waals surface area contributed by atoms with Crippen LogP contribution in [0.3, 0.4) is 0 Å². The van der Waals surface area contributed by atoms with Gasteiger partial charge in [0.25, 0.3) is 0 Å². The molecule has 5 rings (SSSR count). The Morgan fingerprint density at radius 2 is 1.87 bits per heavy atom. The van der Waals surface area contributed by atoms with E-state index in [1.807, 2.05) is 18.7 Å². The first-order valence-corrected chi connectivity index (χ1v) is 14.1. The molecule has 1 fully saturated rings. The van der Waals surface area contributed by atoms with Crippen molar-refractivity contribution in [2.45, 2.75) is 39.2 Å². The zero-order valence-electron chi connectivity index (χ0n) is 21.0. The molecule has 1 atom stereocenters. The monoisotopic (exact) mass is 547 g/mol. The lowest BCUT2D eigenvalue weighted by molar-refractivity contribution is 0.285. The van der Waals surface area contributed by atoms with Crippen LogP contribution >= 0.6 is 0 Å². The number of benzene rings is 2. The van der Waals surface area contributed by atoms with Crippen LogP contribution in [0.15, 0.2) is 36.5 Å². The standard InChI is InChI=1S/C26H28F3N5O3S/c1-3-16(2)33-9-10-37-25-20(28)12-17(13-23(25)33)24-21(29)15-30-26(32-24)31-18-6-7-22(19(27)14-18)34-8-4-5-11-38(34,35)36/h6-7,12-16H,3-5,8-11H2,1-2H3,(H,30,31,32). The van der Waals surface area contributed by atoms with Gasteiger partial charge in [-0.1, -0.05) is 6.92 Å².